The third-order valence-electron chi connectivity index (χ3n) is 5.56. The molecule has 2 heteroatoms. The predicted octanol–water partition coefficient (Wildman–Crippen LogP) is 4.84. The van der Waals surface area contributed by atoms with Crippen molar-refractivity contribution in [2.24, 2.45) is 5.41 Å². The van der Waals surface area contributed by atoms with Crippen LogP contribution in [0.3, 0.4) is 0 Å². The van der Waals surface area contributed by atoms with Gasteiger partial charge in [0.2, 0.25) is 0 Å². The number of rotatable bonds is 4. The maximum atomic E-state index is 13.4. The Kier molecular flexibility index (Phi) is 2.72. The van der Waals surface area contributed by atoms with E-state index < -0.39 is 0 Å². The fourth-order valence-electron chi connectivity index (χ4n) is 3.76. The minimum Gasteiger partial charge on any atom is -0.261 e. The summed E-state index contributed by atoms with van der Waals surface area (Å²) in [6, 6.07) is 12.9. The molecule has 4 rings (SSSR count). The van der Waals surface area contributed by atoms with Crippen LogP contribution < -0.4 is 0 Å². The summed E-state index contributed by atoms with van der Waals surface area (Å²) >= 11 is 0. The molecule has 0 N–H and O–H groups in total. The lowest BCUT2D eigenvalue weighted by atomic mass is 9.80. The molecule has 0 unspecified atom stereocenters. The predicted molar refractivity (Wildman–Crippen MR) is 83.0 cm³/mol. The van der Waals surface area contributed by atoms with E-state index in [9.17, 15) is 4.39 Å². The van der Waals surface area contributed by atoms with Crippen molar-refractivity contribution in [2.45, 2.75) is 38.0 Å². The van der Waals surface area contributed by atoms with Crippen molar-refractivity contribution < 1.29 is 4.39 Å². The zero-order chi connectivity index (χ0) is 14.5. The number of hydrogen-bond acceptors (Lipinski definition) is 1. The zero-order valence-electron chi connectivity index (χ0n) is 12.4. The summed E-state index contributed by atoms with van der Waals surface area (Å²) in [5.41, 5.74) is 4.81. The van der Waals surface area contributed by atoms with Gasteiger partial charge in [0.15, 0.2) is 0 Å². The number of aromatic nitrogens is 1. The van der Waals surface area contributed by atoms with Crippen molar-refractivity contribution in [1.29, 1.82) is 0 Å². The summed E-state index contributed by atoms with van der Waals surface area (Å²) in [5.74, 6) is 0. The minimum absolute atomic E-state index is 0.0278. The highest BCUT2D eigenvalue weighted by Gasteiger charge is 2.65. The van der Waals surface area contributed by atoms with E-state index in [-0.39, 0.29) is 17.5 Å². The van der Waals surface area contributed by atoms with E-state index in [4.69, 9.17) is 0 Å². The lowest BCUT2D eigenvalue weighted by Crippen LogP contribution is -2.23. The van der Waals surface area contributed by atoms with Gasteiger partial charge in [-0.05, 0) is 49.8 Å². The average molecular weight is 281 g/mol. The van der Waals surface area contributed by atoms with E-state index in [1.165, 1.54) is 11.1 Å². The molecule has 0 aliphatic heterocycles. The highest BCUT2D eigenvalue weighted by molar-refractivity contribution is 5.63. The lowest BCUT2D eigenvalue weighted by molar-refractivity contribution is 0.275. The molecule has 108 valence electrons. The Morgan fingerprint density at radius 2 is 1.62 bits per heavy atom. The second-order valence-electron chi connectivity index (χ2n) is 6.76. The summed E-state index contributed by atoms with van der Waals surface area (Å²) in [5, 5.41) is 0. The minimum atomic E-state index is -0.156. The molecule has 2 aromatic rings. The van der Waals surface area contributed by atoms with Crippen molar-refractivity contribution >= 4 is 0 Å². The fourth-order valence-corrected chi connectivity index (χ4v) is 3.76. The van der Waals surface area contributed by atoms with Crippen molar-refractivity contribution in [3.05, 3.63) is 53.9 Å². The van der Waals surface area contributed by atoms with E-state index in [1.807, 2.05) is 19.2 Å². The van der Waals surface area contributed by atoms with Gasteiger partial charge in [-0.1, -0.05) is 30.3 Å². The monoisotopic (exact) mass is 281 g/mol. The van der Waals surface area contributed by atoms with Crippen LogP contribution in [-0.2, 0) is 5.41 Å². The molecule has 2 aliphatic rings. The first-order valence-electron chi connectivity index (χ1n) is 7.79. The van der Waals surface area contributed by atoms with Crippen LogP contribution in [0.2, 0.25) is 0 Å². The van der Waals surface area contributed by atoms with E-state index in [2.05, 4.69) is 35.3 Å². The smallest absolute Gasteiger partial charge is 0.0959 e. The second-order valence-corrected chi connectivity index (χ2v) is 6.76. The normalized spacial score (nSPS) is 21.0. The van der Waals surface area contributed by atoms with Gasteiger partial charge in [-0.15, -0.1) is 0 Å². The Hall–Kier alpha value is -1.70. The number of pyridine rings is 1. The van der Waals surface area contributed by atoms with Gasteiger partial charge >= 0.3 is 0 Å². The van der Waals surface area contributed by atoms with E-state index in [0.717, 1.165) is 36.9 Å². The molecule has 0 bridgehead atoms. The molecule has 0 radical (unpaired) electrons. The Labute approximate surface area is 125 Å². The third-order valence-corrected chi connectivity index (χ3v) is 5.56. The van der Waals surface area contributed by atoms with Crippen molar-refractivity contribution in [2.75, 3.05) is 6.67 Å². The van der Waals surface area contributed by atoms with E-state index >= 15 is 0 Å². The Morgan fingerprint density at radius 1 is 0.952 bits per heavy atom. The molecule has 21 heavy (non-hydrogen) atoms. The average Bonchev–Trinajstić information content (AvgIpc) is 3.41. The molecule has 1 aromatic carbocycles. The van der Waals surface area contributed by atoms with Crippen molar-refractivity contribution in [3.63, 3.8) is 0 Å². The van der Waals surface area contributed by atoms with Gasteiger partial charge < -0.3 is 0 Å². The van der Waals surface area contributed by atoms with Crippen LogP contribution in [0.4, 0.5) is 4.39 Å². The Balaban J connectivity index is 1.64. The summed E-state index contributed by atoms with van der Waals surface area (Å²) in [4.78, 5) is 4.35. The summed E-state index contributed by atoms with van der Waals surface area (Å²) in [6.45, 7) is 1.84. The fraction of sp³-hybridized carbons (Fsp3) is 0.421. The van der Waals surface area contributed by atoms with E-state index in [1.54, 1.807) is 0 Å². The van der Waals surface area contributed by atoms with Crippen LogP contribution >= 0.6 is 0 Å². The first-order valence-corrected chi connectivity index (χ1v) is 7.79. The van der Waals surface area contributed by atoms with E-state index in [0.29, 0.717) is 0 Å². The molecule has 2 saturated carbocycles. The topological polar surface area (TPSA) is 12.9 Å². The van der Waals surface area contributed by atoms with Gasteiger partial charge in [-0.3, -0.25) is 9.37 Å². The molecular formula is C19H20FN. The Morgan fingerprint density at radius 3 is 2.10 bits per heavy atom. The second kappa shape index (κ2) is 4.40. The number of halogens is 1. The summed E-state index contributed by atoms with van der Waals surface area (Å²) < 4.78 is 13.4. The molecule has 1 heterocycles. The first kappa shape index (κ1) is 13.0. The van der Waals surface area contributed by atoms with Crippen molar-refractivity contribution in [1.82, 2.24) is 4.98 Å². The standard InChI is InChI=1S/C19H20FN/c1-14-2-3-16(12-21-14)15-4-6-17(7-5-15)19(10-11-19)18(13-20)8-9-18/h2-7,12H,8-11,13H2,1H3. The Bertz CT molecular complexity index is 649. The maximum Gasteiger partial charge on any atom is 0.0959 e. The molecular weight excluding hydrogens is 261 g/mol. The van der Waals surface area contributed by atoms with Crippen LogP contribution in [0.15, 0.2) is 42.6 Å². The number of aryl methyl sites for hydroxylation is 1. The highest BCUT2D eigenvalue weighted by Crippen LogP contribution is 2.70. The SMILES string of the molecule is Cc1ccc(-c2ccc(C3(C4(CF)CC4)CC3)cc2)cn1. The van der Waals surface area contributed by atoms with Crippen LogP contribution in [0.5, 0.6) is 0 Å². The molecule has 1 aromatic heterocycles. The molecule has 0 atom stereocenters. The number of alkyl halides is 1. The largest absolute Gasteiger partial charge is 0.261 e. The number of hydrogen-bond donors (Lipinski definition) is 0. The van der Waals surface area contributed by atoms with Crippen molar-refractivity contribution in [3.8, 4) is 11.1 Å². The van der Waals surface area contributed by atoms with Gasteiger partial charge in [0.1, 0.15) is 0 Å². The quantitative estimate of drug-likeness (QED) is 0.781. The molecule has 0 amide bonds. The lowest BCUT2D eigenvalue weighted by Gasteiger charge is -2.25. The molecule has 0 saturated heterocycles. The number of benzene rings is 1. The maximum absolute atomic E-state index is 13.4. The summed E-state index contributed by atoms with van der Waals surface area (Å²) in [6.07, 6.45) is 6.35. The molecule has 2 fully saturated rings. The molecule has 1 nitrogen and oxygen atoms in total. The van der Waals surface area contributed by atoms with Crippen LogP contribution in [-0.4, -0.2) is 11.7 Å². The van der Waals surface area contributed by atoms with Gasteiger partial charge in [-0.25, -0.2) is 0 Å². The van der Waals surface area contributed by atoms with Gasteiger partial charge in [0.05, 0.1) is 6.67 Å². The van der Waals surface area contributed by atoms with Gasteiger partial charge in [0, 0.05) is 28.3 Å². The summed E-state index contributed by atoms with van der Waals surface area (Å²) in [7, 11) is 0. The zero-order valence-corrected chi connectivity index (χ0v) is 12.4. The third kappa shape index (κ3) is 1.92. The first-order chi connectivity index (χ1) is 10.2. The highest BCUT2D eigenvalue weighted by atomic mass is 19.1. The van der Waals surface area contributed by atoms with Crippen LogP contribution in [0.25, 0.3) is 11.1 Å². The van der Waals surface area contributed by atoms with Gasteiger partial charge in [0.25, 0.3) is 0 Å². The van der Waals surface area contributed by atoms with Gasteiger partial charge in [-0.2, -0.15) is 0 Å². The molecule has 2 aliphatic carbocycles. The number of nitrogens with zero attached hydrogens (tertiary/aromatic N) is 1. The van der Waals surface area contributed by atoms with Crippen LogP contribution in [0.1, 0.15) is 36.9 Å². The van der Waals surface area contributed by atoms with Crippen LogP contribution in [0, 0.1) is 12.3 Å². The molecule has 0 spiro atoms.